The molecule has 3 aromatic rings. The SMILES string of the molecule is O=C(CN(CC1CCCO1)C(=O)c1ccc(F)cc1)N(Cc1ccccc1)Cc1ccco1. The van der Waals surface area contributed by atoms with E-state index < -0.39 is 5.82 Å². The number of amides is 2. The first-order chi connectivity index (χ1) is 16.1. The van der Waals surface area contributed by atoms with Crippen molar-refractivity contribution in [1.82, 2.24) is 9.80 Å². The van der Waals surface area contributed by atoms with Gasteiger partial charge >= 0.3 is 0 Å². The number of benzene rings is 2. The van der Waals surface area contributed by atoms with E-state index in [2.05, 4.69) is 0 Å². The van der Waals surface area contributed by atoms with Crippen LogP contribution in [0.1, 0.15) is 34.5 Å². The van der Waals surface area contributed by atoms with Crippen LogP contribution in [0.5, 0.6) is 0 Å². The van der Waals surface area contributed by atoms with Crippen LogP contribution in [0.4, 0.5) is 4.39 Å². The molecular formula is C26H27FN2O4. The van der Waals surface area contributed by atoms with Crippen molar-refractivity contribution in [2.45, 2.75) is 32.0 Å². The highest BCUT2D eigenvalue weighted by atomic mass is 19.1. The number of ether oxygens (including phenoxy) is 1. The molecule has 0 radical (unpaired) electrons. The van der Waals surface area contributed by atoms with Crippen molar-refractivity contribution in [3.05, 3.63) is 95.7 Å². The van der Waals surface area contributed by atoms with Crippen molar-refractivity contribution in [3.8, 4) is 0 Å². The van der Waals surface area contributed by atoms with Crippen LogP contribution in [0.15, 0.2) is 77.4 Å². The summed E-state index contributed by atoms with van der Waals surface area (Å²) in [5.41, 5.74) is 1.32. The predicted molar refractivity (Wildman–Crippen MR) is 121 cm³/mol. The predicted octanol–water partition coefficient (Wildman–Crippen LogP) is 4.27. The van der Waals surface area contributed by atoms with E-state index in [1.165, 1.54) is 29.2 Å². The van der Waals surface area contributed by atoms with Crippen molar-refractivity contribution in [2.24, 2.45) is 0 Å². The van der Waals surface area contributed by atoms with E-state index in [9.17, 15) is 14.0 Å². The summed E-state index contributed by atoms with van der Waals surface area (Å²) in [6.07, 6.45) is 3.22. The third-order valence-corrected chi connectivity index (χ3v) is 5.65. The normalized spacial score (nSPS) is 15.4. The Morgan fingerprint density at radius 3 is 2.39 bits per heavy atom. The third-order valence-electron chi connectivity index (χ3n) is 5.65. The summed E-state index contributed by atoms with van der Waals surface area (Å²) in [4.78, 5) is 29.9. The van der Waals surface area contributed by atoms with E-state index in [0.717, 1.165) is 18.4 Å². The zero-order valence-corrected chi connectivity index (χ0v) is 18.4. The van der Waals surface area contributed by atoms with Gasteiger partial charge < -0.3 is 19.0 Å². The Hall–Kier alpha value is -3.45. The minimum Gasteiger partial charge on any atom is -0.467 e. The highest BCUT2D eigenvalue weighted by Gasteiger charge is 2.27. The van der Waals surface area contributed by atoms with E-state index in [-0.39, 0.29) is 24.5 Å². The second kappa shape index (κ2) is 10.9. The molecular weight excluding hydrogens is 423 g/mol. The minimum absolute atomic E-state index is 0.108. The van der Waals surface area contributed by atoms with Crippen LogP contribution in [0.2, 0.25) is 0 Å². The molecule has 0 bridgehead atoms. The van der Waals surface area contributed by atoms with Gasteiger partial charge in [-0.2, -0.15) is 0 Å². The standard InChI is InChI=1S/C26H27FN2O4/c27-22-12-10-21(11-13-22)26(31)29(18-24-9-5-15-33-24)19-25(30)28(17-23-8-4-14-32-23)16-20-6-2-1-3-7-20/h1-4,6-8,10-14,24H,5,9,15-19H2. The van der Waals surface area contributed by atoms with Gasteiger partial charge in [0.25, 0.3) is 5.91 Å². The summed E-state index contributed by atoms with van der Waals surface area (Å²) < 4.78 is 24.5. The molecule has 1 aromatic heterocycles. The van der Waals surface area contributed by atoms with E-state index in [1.54, 1.807) is 17.2 Å². The molecule has 7 heteroatoms. The first-order valence-corrected chi connectivity index (χ1v) is 11.1. The Morgan fingerprint density at radius 2 is 1.73 bits per heavy atom. The number of carbonyl (C=O) groups excluding carboxylic acids is 2. The molecule has 2 aromatic carbocycles. The fourth-order valence-electron chi connectivity index (χ4n) is 3.92. The molecule has 2 amide bonds. The van der Waals surface area contributed by atoms with Gasteiger partial charge in [0.1, 0.15) is 18.1 Å². The molecule has 0 N–H and O–H groups in total. The summed E-state index contributed by atoms with van der Waals surface area (Å²) in [7, 11) is 0. The molecule has 172 valence electrons. The monoisotopic (exact) mass is 450 g/mol. The molecule has 1 fully saturated rings. The number of hydrogen-bond acceptors (Lipinski definition) is 4. The lowest BCUT2D eigenvalue weighted by atomic mass is 10.1. The molecule has 2 heterocycles. The highest BCUT2D eigenvalue weighted by molar-refractivity contribution is 5.96. The molecule has 33 heavy (non-hydrogen) atoms. The van der Waals surface area contributed by atoms with Gasteiger partial charge in [-0.3, -0.25) is 9.59 Å². The van der Waals surface area contributed by atoms with Crippen molar-refractivity contribution >= 4 is 11.8 Å². The van der Waals surface area contributed by atoms with Gasteiger partial charge in [0, 0.05) is 25.3 Å². The second-order valence-corrected chi connectivity index (χ2v) is 8.14. The van der Waals surface area contributed by atoms with E-state index in [0.29, 0.717) is 37.6 Å². The Kier molecular flexibility index (Phi) is 7.52. The zero-order valence-electron chi connectivity index (χ0n) is 18.4. The lowest BCUT2D eigenvalue weighted by Gasteiger charge is -2.29. The van der Waals surface area contributed by atoms with Crippen LogP contribution in [-0.4, -0.2) is 47.4 Å². The maximum atomic E-state index is 13.4. The van der Waals surface area contributed by atoms with Gasteiger partial charge in [0.15, 0.2) is 0 Å². The van der Waals surface area contributed by atoms with Crippen molar-refractivity contribution in [3.63, 3.8) is 0 Å². The Bertz CT molecular complexity index is 1030. The smallest absolute Gasteiger partial charge is 0.254 e. The average molecular weight is 451 g/mol. The lowest BCUT2D eigenvalue weighted by molar-refractivity contribution is -0.133. The Morgan fingerprint density at radius 1 is 0.939 bits per heavy atom. The summed E-state index contributed by atoms with van der Waals surface area (Å²) in [6, 6.07) is 18.7. The van der Waals surface area contributed by atoms with Crippen LogP contribution >= 0.6 is 0 Å². The first-order valence-electron chi connectivity index (χ1n) is 11.1. The zero-order chi connectivity index (χ0) is 23.0. The largest absolute Gasteiger partial charge is 0.467 e. The topological polar surface area (TPSA) is 63.0 Å². The molecule has 1 aliphatic rings. The molecule has 6 nitrogen and oxygen atoms in total. The van der Waals surface area contributed by atoms with Crippen LogP contribution in [0, 0.1) is 5.82 Å². The molecule has 0 aliphatic carbocycles. The van der Waals surface area contributed by atoms with E-state index >= 15 is 0 Å². The summed E-state index contributed by atoms with van der Waals surface area (Å²) in [5.74, 6) is -0.282. The van der Waals surface area contributed by atoms with Gasteiger partial charge in [-0.05, 0) is 54.8 Å². The van der Waals surface area contributed by atoms with Crippen LogP contribution in [-0.2, 0) is 22.6 Å². The number of furan rings is 1. The van der Waals surface area contributed by atoms with Crippen molar-refractivity contribution in [2.75, 3.05) is 19.7 Å². The molecule has 1 saturated heterocycles. The summed E-state index contributed by atoms with van der Waals surface area (Å²) in [5, 5.41) is 0. The van der Waals surface area contributed by atoms with Crippen molar-refractivity contribution in [1.29, 1.82) is 0 Å². The molecule has 1 atom stereocenters. The molecule has 0 spiro atoms. The molecule has 1 aliphatic heterocycles. The highest BCUT2D eigenvalue weighted by Crippen LogP contribution is 2.17. The third kappa shape index (κ3) is 6.29. The van der Waals surface area contributed by atoms with Gasteiger partial charge in [0.05, 0.1) is 18.9 Å². The van der Waals surface area contributed by atoms with E-state index in [4.69, 9.17) is 9.15 Å². The number of halogens is 1. The van der Waals surface area contributed by atoms with Crippen LogP contribution in [0.25, 0.3) is 0 Å². The number of hydrogen-bond donors (Lipinski definition) is 0. The molecule has 1 unspecified atom stereocenters. The maximum Gasteiger partial charge on any atom is 0.254 e. The van der Waals surface area contributed by atoms with Crippen LogP contribution in [0.3, 0.4) is 0 Å². The number of carbonyl (C=O) groups is 2. The second-order valence-electron chi connectivity index (χ2n) is 8.14. The van der Waals surface area contributed by atoms with Gasteiger partial charge in [0.2, 0.25) is 5.91 Å². The fraction of sp³-hybridized carbons (Fsp3) is 0.308. The van der Waals surface area contributed by atoms with Gasteiger partial charge in [-0.15, -0.1) is 0 Å². The minimum atomic E-state index is -0.416. The van der Waals surface area contributed by atoms with Crippen molar-refractivity contribution < 1.29 is 23.1 Å². The molecule has 0 saturated carbocycles. The average Bonchev–Trinajstić information content (AvgIpc) is 3.53. The molecule has 4 rings (SSSR count). The quantitative estimate of drug-likeness (QED) is 0.489. The first kappa shape index (κ1) is 22.7. The number of nitrogens with zero attached hydrogens (tertiary/aromatic N) is 2. The van der Waals surface area contributed by atoms with Crippen LogP contribution < -0.4 is 0 Å². The lowest BCUT2D eigenvalue weighted by Crippen LogP contribution is -2.45. The summed E-state index contributed by atoms with van der Waals surface area (Å²) >= 11 is 0. The van der Waals surface area contributed by atoms with Gasteiger partial charge in [-0.25, -0.2) is 4.39 Å². The fourth-order valence-corrected chi connectivity index (χ4v) is 3.92. The number of rotatable bonds is 9. The summed E-state index contributed by atoms with van der Waals surface area (Å²) in [6.45, 7) is 1.53. The van der Waals surface area contributed by atoms with Gasteiger partial charge in [-0.1, -0.05) is 30.3 Å². The van der Waals surface area contributed by atoms with E-state index in [1.807, 2.05) is 36.4 Å². The maximum absolute atomic E-state index is 13.4. The Balaban J connectivity index is 1.53. The Labute approximate surface area is 192 Å².